The molecule has 0 saturated heterocycles. The summed E-state index contributed by atoms with van der Waals surface area (Å²) in [5, 5.41) is 4.78. The predicted octanol–water partition coefficient (Wildman–Crippen LogP) is 7.92. The van der Waals surface area contributed by atoms with Crippen LogP contribution in [0.1, 0.15) is 12.8 Å². The number of nitrogen functional groups attached to an aromatic ring is 2. The van der Waals surface area contributed by atoms with Gasteiger partial charge in [-0.2, -0.15) is 0 Å². The average Bonchev–Trinajstić information content (AvgIpc) is 2.89. The number of fused-ring (bicyclic) bond motifs is 4. The molecule has 36 heavy (non-hydrogen) atoms. The summed E-state index contributed by atoms with van der Waals surface area (Å²) >= 11 is 3.85. The number of unbranched alkanes of at least 4 members (excludes halogenated alkanes) is 1. The molecule has 0 unspecified atom stereocenters. The first-order valence-corrected chi connectivity index (χ1v) is 14.1. The minimum atomic E-state index is 0.747. The van der Waals surface area contributed by atoms with Gasteiger partial charge < -0.3 is 11.5 Å². The van der Waals surface area contributed by atoms with E-state index >= 15 is 0 Å². The number of para-hydroxylation sites is 2. The van der Waals surface area contributed by atoms with E-state index in [1.165, 1.54) is 31.3 Å². The summed E-state index contributed by atoms with van der Waals surface area (Å²) in [5.41, 5.74) is 17.5. The van der Waals surface area contributed by atoms with Gasteiger partial charge in [0.2, 0.25) is 0 Å². The van der Waals surface area contributed by atoms with Gasteiger partial charge in [-0.05, 0) is 72.9 Å². The Hall–Kier alpha value is -3.48. The van der Waals surface area contributed by atoms with Crippen LogP contribution in [-0.4, -0.2) is 21.5 Å². The van der Waals surface area contributed by atoms with E-state index in [4.69, 9.17) is 21.4 Å². The smallest absolute Gasteiger partial charge is 0.0741 e. The Morgan fingerprint density at radius 3 is 1.39 bits per heavy atom. The number of rotatable bonds is 7. The second kappa shape index (κ2) is 9.88. The summed E-state index contributed by atoms with van der Waals surface area (Å²) in [6.45, 7) is 0. The zero-order valence-electron chi connectivity index (χ0n) is 19.8. The second-order valence-electron chi connectivity index (χ2n) is 8.87. The summed E-state index contributed by atoms with van der Waals surface area (Å²) in [6, 6.07) is 28.8. The summed E-state index contributed by atoms with van der Waals surface area (Å²) in [7, 11) is 0. The van der Waals surface area contributed by atoms with Gasteiger partial charge in [0, 0.05) is 42.7 Å². The molecule has 0 aliphatic rings. The van der Waals surface area contributed by atoms with Gasteiger partial charge in [-0.3, -0.25) is 0 Å². The van der Waals surface area contributed by atoms with E-state index in [-0.39, 0.29) is 0 Å². The number of anilines is 2. The monoisotopic (exact) mass is 506 g/mol. The normalized spacial score (nSPS) is 11.7. The number of nitrogens with zero attached hydrogens (tertiary/aromatic N) is 2. The van der Waals surface area contributed by atoms with Crippen LogP contribution in [0.2, 0.25) is 0 Å². The van der Waals surface area contributed by atoms with Crippen LogP contribution in [0.4, 0.5) is 11.4 Å². The highest BCUT2D eigenvalue weighted by Gasteiger charge is 2.12. The fourth-order valence-corrected chi connectivity index (χ4v) is 7.02. The fourth-order valence-electron chi connectivity index (χ4n) is 4.61. The predicted molar refractivity (Wildman–Crippen MR) is 158 cm³/mol. The lowest BCUT2D eigenvalue weighted by atomic mass is 10.1. The van der Waals surface area contributed by atoms with Crippen molar-refractivity contribution in [1.29, 1.82) is 0 Å². The van der Waals surface area contributed by atoms with Crippen molar-refractivity contribution >= 4 is 78.5 Å². The molecule has 0 aliphatic heterocycles. The third-order valence-corrected chi connectivity index (χ3v) is 8.79. The van der Waals surface area contributed by atoms with Crippen LogP contribution in [0, 0.1) is 0 Å². The number of benzene rings is 4. The van der Waals surface area contributed by atoms with E-state index in [0.717, 1.165) is 57.8 Å². The van der Waals surface area contributed by atoms with Crippen LogP contribution in [0.3, 0.4) is 0 Å². The number of hydrogen-bond acceptors (Lipinski definition) is 6. The zero-order valence-corrected chi connectivity index (χ0v) is 21.4. The standard InChI is InChI=1S/C30H26N4S2/c31-19-11-13-23-27(17-19)33-25-9-3-1-7-21(25)29(23)35-15-5-6-16-36-30-22-8-2-4-10-26(22)34-28-18-20(32)12-14-24(28)30/h1-4,7-14,17-18H,5-6,15-16,31-32H2. The first kappa shape index (κ1) is 23.0. The topological polar surface area (TPSA) is 77.8 Å². The van der Waals surface area contributed by atoms with Crippen LogP contribution in [0.15, 0.2) is 94.7 Å². The molecule has 0 saturated carbocycles. The quantitative estimate of drug-likeness (QED) is 0.0991. The van der Waals surface area contributed by atoms with Crippen LogP contribution in [0.5, 0.6) is 0 Å². The summed E-state index contributed by atoms with van der Waals surface area (Å²) in [5.74, 6) is 2.12. The van der Waals surface area contributed by atoms with Gasteiger partial charge >= 0.3 is 0 Å². The van der Waals surface area contributed by atoms with Gasteiger partial charge in [0.15, 0.2) is 0 Å². The van der Waals surface area contributed by atoms with Gasteiger partial charge in [0.1, 0.15) is 0 Å². The number of thioether (sulfide) groups is 2. The molecular formula is C30H26N4S2. The highest BCUT2D eigenvalue weighted by Crippen LogP contribution is 2.37. The Balaban J connectivity index is 1.18. The number of nitrogens with two attached hydrogens (primary N) is 2. The third kappa shape index (κ3) is 4.43. The van der Waals surface area contributed by atoms with Crippen molar-refractivity contribution in [1.82, 2.24) is 9.97 Å². The van der Waals surface area contributed by atoms with Crippen molar-refractivity contribution in [3.63, 3.8) is 0 Å². The molecule has 2 heterocycles. The van der Waals surface area contributed by atoms with E-state index in [1.54, 1.807) is 0 Å². The van der Waals surface area contributed by atoms with E-state index in [2.05, 4.69) is 48.5 Å². The summed E-state index contributed by atoms with van der Waals surface area (Å²) in [6.07, 6.45) is 2.28. The molecule has 0 radical (unpaired) electrons. The molecule has 0 fully saturated rings. The summed E-state index contributed by atoms with van der Waals surface area (Å²) < 4.78 is 0. The van der Waals surface area contributed by atoms with E-state index in [9.17, 15) is 0 Å². The molecular weight excluding hydrogens is 480 g/mol. The Kier molecular flexibility index (Phi) is 6.30. The van der Waals surface area contributed by atoms with Crippen LogP contribution >= 0.6 is 23.5 Å². The van der Waals surface area contributed by atoms with Crippen molar-refractivity contribution in [3.8, 4) is 0 Å². The first-order chi connectivity index (χ1) is 17.7. The van der Waals surface area contributed by atoms with Crippen LogP contribution in [-0.2, 0) is 0 Å². The third-order valence-electron chi connectivity index (χ3n) is 6.34. The van der Waals surface area contributed by atoms with Crippen molar-refractivity contribution < 1.29 is 0 Å². The highest BCUT2D eigenvalue weighted by atomic mass is 32.2. The Morgan fingerprint density at radius 1 is 0.500 bits per heavy atom. The molecule has 4 aromatic carbocycles. The number of hydrogen-bond donors (Lipinski definition) is 2. The largest absolute Gasteiger partial charge is 0.399 e. The van der Waals surface area contributed by atoms with Crippen molar-refractivity contribution in [2.75, 3.05) is 23.0 Å². The summed E-state index contributed by atoms with van der Waals surface area (Å²) in [4.78, 5) is 12.3. The Morgan fingerprint density at radius 2 is 0.917 bits per heavy atom. The van der Waals surface area contributed by atoms with Gasteiger partial charge in [-0.1, -0.05) is 36.4 Å². The SMILES string of the molecule is Nc1ccc2c(SCCCCSc3c4ccccc4nc4cc(N)ccc34)c3ccccc3nc2c1. The van der Waals surface area contributed by atoms with Gasteiger partial charge in [0.25, 0.3) is 0 Å². The maximum Gasteiger partial charge on any atom is 0.0741 e. The van der Waals surface area contributed by atoms with Gasteiger partial charge in [0.05, 0.1) is 22.1 Å². The molecule has 0 aliphatic carbocycles. The van der Waals surface area contributed by atoms with Gasteiger partial charge in [-0.25, -0.2) is 9.97 Å². The van der Waals surface area contributed by atoms with Crippen LogP contribution < -0.4 is 11.5 Å². The molecule has 178 valence electrons. The van der Waals surface area contributed by atoms with E-state index < -0.39 is 0 Å². The number of aromatic nitrogens is 2. The molecule has 0 bridgehead atoms. The maximum atomic E-state index is 6.04. The molecule has 4 N–H and O–H groups in total. The maximum absolute atomic E-state index is 6.04. The average molecular weight is 507 g/mol. The first-order valence-electron chi connectivity index (χ1n) is 12.1. The Bertz CT molecular complexity index is 1600. The fraction of sp³-hybridized carbons (Fsp3) is 0.133. The molecule has 0 spiro atoms. The molecule has 6 rings (SSSR count). The molecule has 2 aromatic heterocycles. The molecule has 0 amide bonds. The zero-order chi connectivity index (χ0) is 24.5. The lowest BCUT2D eigenvalue weighted by Crippen LogP contribution is -1.92. The van der Waals surface area contributed by atoms with Crippen molar-refractivity contribution in [3.05, 3.63) is 84.9 Å². The Labute approximate surface area is 218 Å². The van der Waals surface area contributed by atoms with Crippen molar-refractivity contribution in [2.24, 2.45) is 0 Å². The molecule has 6 aromatic rings. The van der Waals surface area contributed by atoms with Crippen molar-refractivity contribution in [2.45, 2.75) is 22.6 Å². The molecule has 0 atom stereocenters. The number of pyridine rings is 2. The minimum Gasteiger partial charge on any atom is -0.399 e. The minimum absolute atomic E-state index is 0.747. The lowest BCUT2D eigenvalue weighted by molar-refractivity contribution is 0.907. The molecule has 4 nitrogen and oxygen atoms in total. The van der Waals surface area contributed by atoms with Crippen LogP contribution in [0.25, 0.3) is 43.6 Å². The lowest BCUT2D eigenvalue weighted by Gasteiger charge is -2.12. The van der Waals surface area contributed by atoms with Gasteiger partial charge in [-0.15, -0.1) is 23.5 Å². The van der Waals surface area contributed by atoms with E-state index in [1.807, 2.05) is 59.9 Å². The highest BCUT2D eigenvalue weighted by molar-refractivity contribution is 8.00. The van der Waals surface area contributed by atoms with E-state index in [0.29, 0.717) is 0 Å². The molecule has 6 heteroatoms. The second-order valence-corrected chi connectivity index (χ2v) is 11.1.